The van der Waals surface area contributed by atoms with Crippen LogP contribution in [0.5, 0.6) is 17.2 Å². The number of aryl methyl sites for hydroxylation is 1. The van der Waals surface area contributed by atoms with Crippen LogP contribution in [0.2, 0.25) is 0 Å². The molecular weight excluding hydrogens is 532 g/mol. The second-order valence-electron chi connectivity index (χ2n) is 8.55. The van der Waals surface area contributed by atoms with Crippen LogP contribution < -0.4 is 30.6 Å². The summed E-state index contributed by atoms with van der Waals surface area (Å²) in [5.74, 6) is 2.06. The van der Waals surface area contributed by atoms with E-state index < -0.39 is 0 Å². The molecule has 0 radical (unpaired) electrons. The number of nitrogen functional groups attached to an aromatic ring is 1. The molecule has 12 heteroatoms. The van der Waals surface area contributed by atoms with Crippen molar-refractivity contribution in [1.29, 1.82) is 0 Å². The van der Waals surface area contributed by atoms with Crippen LogP contribution in [0.15, 0.2) is 65.2 Å². The van der Waals surface area contributed by atoms with Crippen LogP contribution in [0.1, 0.15) is 15.9 Å². The van der Waals surface area contributed by atoms with Gasteiger partial charge in [-0.3, -0.25) is 4.79 Å². The zero-order chi connectivity index (χ0) is 28.2. The zero-order valence-electron chi connectivity index (χ0n) is 22.1. The number of ether oxygens (including phenoxy) is 3. The van der Waals surface area contributed by atoms with Gasteiger partial charge in [0.2, 0.25) is 11.6 Å². The molecule has 0 aliphatic rings. The lowest BCUT2D eigenvalue weighted by Crippen LogP contribution is -2.13. The fourth-order valence-corrected chi connectivity index (χ4v) is 4.84. The molecule has 2 aromatic heterocycles. The molecule has 4 N–H and O–H groups in total. The Morgan fingerprint density at radius 1 is 0.925 bits per heavy atom. The van der Waals surface area contributed by atoms with E-state index in [1.54, 1.807) is 50.6 Å². The van der Waals surface area contributed by atoms with Crippen LogP contribution in [-0.2, 0) is 0 Å². The van der Waals surface area contributed by atoms with E-state index in [2.05, 4.69) is 25.8 Å². The average Bonchev–Trinajstić information content (AvgIpc) is 3.59. The van der Waals surface area contributed by atoms with Crippen LogP contribution in [-0.4, -0.2) is 42.4 Å². The van der Waals surface area contributed by atoms with Crippen LogP contribution >= 0.6 is 11.3 Å². The first-order chi connectivity index (χ1) is 19.4. The Labute approximate surface area is 233 Å². The van der Waals surface area contributed by atoms with Crippen LogP contribution in [0.4, 0.5) is 22.3 Å². The van der Waals surface area contributed by atoms with E-state index in [1.807, 2.05) is 31.2 Å². The number of rotatable bonds is 9. The number of hydrogen-bond donors (Lipinski definition) is 3. The minimum atomic E-state index is -0.200. The van der Waals surface area contributed by atoms with Gasteiger partial charge in [0.05, 0.1) is 21.3 Å². The number of nitrogens with two attached hydrogens (primary N) is 1. The van der Waals surface area contributed by atoms with Gasteiger partial charge in [0, 0.05) is 34.6 Å². The van der Waals surface area contributed by atoms with Gasteiger partial charge in [-0.15, -0.1) is 0 Å². The molecule has 0 spiro atoms. The molecule has 3 aromatic carbocycles. The maximum atomic E-state index is 12.7. The number of anilines is 4. The van der Waals surface area contributed by atoms with E-state index in [-0.39, 0.29) is 17.6 Å². The van der Waals surface area contributed by atoms with Crippen LogP contribution in [0.25, 0.3) is 22.2 Å². The summed E-state index contributed by atoms with van der Waals surface area (Å²) in [6.07, 6.45) is 0. The third-order valence-corrected chi connectivity index (χ3v) is 6.93. The Morgan fingerprint density at radius 2 is 1.68 bits per heavy atom. The predicted octanol–water partition coefficient (Wildman–Crippen LogP) is 5.77. The van der Waals surface area contributed by atoms with Gasteiger partial charge in [-0.25, -0.2) is 4.98 Å². The van der Waals surface area contributed by atoms with Crippen molar-refractivity contribution < 1.29 is 23.5 Å². The SMILES string of the molecule is COc1cc(Nc2nc(N)c(-c3nc(-c4cccc(NC(=O)c5ccccc5C)c4)no3)s2)cc(OC)c1OC. The number of carbonyl (C=O) groups excluding carboxylic acids is 1. The van der Waals surface area contributed by atoms with E-state index >= 15 is 0 Å². The molecule has 2 heterocycles. The predicted molar refractivity (Wildman–Crippen MR) is 154 cm³/mol. The molecule has 0 unspecified atom stereocenters. The second kappa shape index (κ2) is 11.3. The molecule has 0 aliphatic heterocycles. The standard InChI is InChI=1S/C28H26N6O5S/c1-15-8-5-6-11-19(15)26(35)30-17-10-7-9-16(12-17)25-33-27(39-34-25)23-24(29)32-28(40-23)31-18-13-20(36-2)22(38-4)21(14-18)37-3/h5-14H,29H2,1-4H3,(H,30,35)(H,31,32). The molecule has 0 atom stereocenters. The highest BCUT2D eigenvalue weighted by Crippen LogP contribution is 2.42. The van der Waals surface area contributed by atoms with Gasteiger partial charge in [-0.05, 0) is 30.7 Å². The highest BCUT2D eigenvalue weighted by Gasteiger charge is 2.20. The van der Waals surface area contributed by atoms with Gasteiger partial charge in [0.25, 0.3) is 11.8 Å². The van der Waals surface area contributed by atoms with Crippen LogP contribution in [0.3, 0.4) is 0 Å². The van der Waals surface area contributed by atoms with Gasteiger partial charge in [-0.1, -0.05) is 46.8 Å². The van der Waals surface area contributed by atoms with E-state index in [9.17, 15) is 4.79 Å². The zero-order valence-corrected chi connectivity index (χ0v) is 23.0. The normalized spacial score (nSPS) is 10.7. The fourth-order valence-electron chi connectivity index (χ4n) is 4.01. The Hall–Kier alpha value is -5.10. The number of nitrogens with one attached hydrogen (secondary N) is 2. The largest absolute Gasteiger partial charge is 0.493 e. The monoisotopic (exact) mass is 558 g/mol. The Kier molecular flexibility index (Phi) is 7.51. The lowest BCUT2D eigenvalue weighted by Gasteiger charge is -2.14. The van der Waals surface area contributed by atoms with Crippen molar-refractivity contribution in [3.63, 3.8) is 0 Å². The van der Waals surface area contributed by atoms with Gasteiger partial charge in [0.1, 0.15) is 10.7 Å². The molecular formula is C28H26N6O5S. The molecule has 0 fully saturated rings. The summed E-state index contributed by atoms with van der Waals surface area (Å²) in [6, 6.07) is 18.1. The van der Waals surface area contributed by atoms with Crippen molar-refractivity contribution >= 4 is 39.6 Å². The summed E-state index contributed by atoms with van der Waals surface area (Å²) in [7, 11) is 4.63. The lowest BCUT2D eigenvalue weighted by molar-refractivity contribution is 0.102. The van der Waals surface area contributed by atoms with E-state index in [4.69, 9.17) is 24.5 Å². The first-order valence-corrected chi connectivity index (χ1v) is 12.9. The number of amides is 1. The molecule has 11 nitrogen and oxygen atoms in total. The summed E-state index contributed by atoms with van der Waals surface area (Å²) in [4.78, 5) is 22.2. The quantitative estimate of drug-likeness (QED) is 0.204. The summed E-state index contributed by atoms with van der Waals surface area (Å²) >= 11 is 1.25. The van der Waals surface area contributed by atoms with Crippen molar-refractivity contribution in [3.05, 3.63) is 71.8 Å². The third-order valence-electron chi connectivity index (χ3n) is 5.96. The highest BCUT2D eigenvalue weighted by atomic mass is 32.1. The maximum absolute atomic E-state index is 12.7. The van der Waals surface area contributed by atoms with Crippen molar-refractivity contribution in [2.45, 2.75) is 6.92 Å². The molecule has 40 heavy (non-hydrogen) atoms. The fraction of sp³-hybridized carbons (Fsp3) is 0.143. The number of nitrogens with zero attached hydrogens (tertiary/aromatic N) is 3. The summed E-state index contributed by atoms with van der Waals surface area (Å²) < 4.78 is 21.7. The number of carbonyl (C=O) groups is 1. The average molecular weight is 559 g/mol. The molecule has 0 aliphatic carbocycles. The van der Waals surface area contributed by atoms with Gasteiger partial charge in [0.15, 0.2) is 16.6 Å². The molecule has 204 valence electrons. The first-order valence-electron chi connectivity index (χ1n) is 12.0. The topological polar surface area (TPSA) is 147 Å². The number of hydrogen-bond acceptors (Lipinski definition) is 11. The van der Waals surface area contributed by atoms with E-state index in [0.29, 0.717) is 55.6 Å². The van der Waals surface area contributed by atoms with Crippen molar-refractivity contribution in [1.82, 2.24) is 15.1 Å². The van der Waals surface area contributed by atoms with Crippen molar-refractivity contribution in [2.24, 2.45) is 0 Å². The molecule has 5 aromatic rings. The number of benzene rings is 3. The summed E-state index contributed by atoms with van der Waals surface area (Å²) in [5.41, 5.74) is 9.61. The van der Waals surface area contributed by atoms with E-state index in [0.717, 1.165) is 5.56 Å². The third kappa shape index (κ3) is 5.38. The maximum Gasteiger partial charge on any atom is 0.272 e. The number of methoxy groups -OCH3 is 3. The van der Waals surface area contributed by atoms with Crippen LogP contribution in [0, 0.1) is 6.92 Å². The summed E-state index contributed by atoms with van der Waals surface area (Å²) in [6.45, 7) is 1.89. The van der Waals surface area contributed by atoms with Gasteiger partial charge in [-0.2, -0.15) is 4.98 Å². The van der Waals surface area contributed by atoms with Gasteiger partial charge >= 0.3 is 0 Å². The Balaban J connectivity index is 1.35. The molecule has 1 amide bonds. The minimum absolute atomic E-state index is 0.200. The molecule has 0 saturated heterocycles. The Bertz CT molecular complexity index is 1660. The number of thiazole rings is 1. The highest BCUT2D eigenvalue weighted by molar-refractivity contribution is 7.19. The summed E-state index contributed by atoms with van der Waals surface area (Å²) in [5, 5.41) is 10.7. The lowest BCUT2D eigenvalue weighted by atomic mass is 10.1. The molecule has 0 bridgehead atoms. The molecule has 5 rings (SSSR count). The van der Waals surface area contributed by atoms with Crippen molar-refractivity contribution in [3.8, 4) is 39.4 Å². The second-order valence-corrected chi connectivity index (χ2v) is 9.54. The smallest absolute Gasteiger partial charge is 0.272 e. The number of aromatic nitrogens is 3. The molecule has 0 saturated carbocycles. The minimum Gasteiger partial charge on any atom is -0.493 e. The first kappa shape index (κ1) is 26.5. The van der Waals surface area contributed by atoms with Crippen molar-refractivity contribution in [2.75, 3.05) is 37.7 Å². The van der Waals surface area contributed by atoms with Gasteiger partial charge < -0.3 is 35.1 Å². The van der Waals surface area contributed by atoms with E-state index in [1.165, 1.54) is 18.4 Å². The Morgan fingerprint density at radius 3 is 2.38 bits per heavy atom.